The summed E-state index contributed by atoms with van der Waals surface area (Å²) >= 11 is 0. The zero-order chi connectivity index (χ0) is 14.4. The lowest BCUT2D eigenvalue weighted by Gasteiger charge is -2.22. The zero-order valence-electron chi connectivity index (χ0n) is 11.5. The van der Waals surface area contributed by atoms with Gasteiger partial charge in [0.25, 0.3) is 0 Å². The van der Waals surface area contributed by atoms with Crippen LogP contribution in [0.15, 0.2) is 60.7 Å². The highest BCUT2D eigenvalue weighted by Crippen LogP contribution is 2.24. The van der Waals surface area contributed by atoms with Crippen molar-refractivity contribution in [1.29, 1.82) is 0 Å². The van der Waals surface area contributed by atoms with Gasteiger partial charge in [0.1, 0.15) is 6.61 Å². The molecule has 0 aliphatic rings. The van der Waals surface area contributed by atoms with Crippen molar-refractivity contribution in [2.75, 3.05) is 0 Å². The molecule has 0 radical (unpaired) electrons. The van der Waals surface area contributed by atoms with Crippen LogP contribution in [0.3, 0.4) is 0 Å². The number of hydrogen-bond acceptors (Lipinski definition) is 3. The number of carbonyl (C=O) groups excluding carboxylic acids is 1. The van der Waals surface area contributed by atoms with Gasteiger partial charge in [-0.1, -0.05) is 60.7 Å². The normalized spacial score (nSPS) is 13.5. The van der Waals surface area contributed by atoms with Gasteiger partial charge in [0.15, 0.2) is 0 Å². The van der Waals surface area contributed by atoms with E-state index in [9.17, 15) is 9.90 Å². The smallest absolute Gasteiger partial charge is 0.309 e. The van der Waals surface area contributed by atoms with Crippen molar-refractivity contribution in [2.45, 2.75) is 25.6 Å². The van der Waals surface area contributed by atoms with Gasteiger partial charge in [-0.15, -0.1) is 0 Å². The Labute approximate surface area is 118 Å². The Kier molecular flexibility index (Phi) is 4.53. The first-order valence-electron chi connectivity index (χ1n) is 6.55. The minimum Gasteiger partial charge on any atom is -0.461 e. The fourth-order valence-electron chi connectivity index (χ4n) is 1.97. The standard InChI is InChI=1S/C17H18O3/c1-17(19,15-10-6-3-7-11-15)12-16(18)20-13-14-8-4-2-5-9-14/h2-11,19H,12-13H2,1H3. The second-order valence-electron chi connectivity index (χ2n) is 4.96. The molecule has 1 N–H and O–H groups in total. The molecule has 104 valence electrons. The SMILES string of the molecule is CC(O)(CC(=O)OCc1ccccc1)c1ccccc1. The Hall–Kier alpha value is -2.13. The van der Waals surface area contributed by atoms with Gasteiger partial charge in [0.05, 0.1) is 12.0 Å². The van der Waals surface area contributed by atoms with Gasteiger partial charge >= 0.3 is 5.97 Å². The molecule has 2 aromatic carbocycles. The summed E-state index contributed by atoms with van der Waals surface area (Å²) in [6, 6.07) is 18.6. The molecule has 3 heteroatoms. The molecule has 2 rings (SSSR count). The first kappa shape index (κ1) is 14.3. The molecule has 0 spiro atoms. The minimum absolute atomic E-state index is 0.0656. The molecule has 0 heterocycles. The van der Waals surface area contributed by atoms with Crippen molar-refractivity contribution in [1.82, 2.24) is 0 Å². The van der Waals surface area contributed by atoms with Gasteiger partial charge in [-0.3, -0.25) is 4.79 Å². The molecular weight excluding hydrogens is 252 g/mol. The van der Waals surface area contributed by atoms with Crippen LogP contribution in [-0.4, -0.2) is 11.1 Å². The molecule has 0 bridgehead atoms. The first-order chi connectivity index (χ1) is 9.58. The number of hydrogen-bond donors (Lipinski definition) is 1. The second-order valence-corrected chi connectivity index (χ2v) is 4.96. The van der Waals surface area contributed by atoms with E-state index in [1.54, 1.807) is 19.1 Å². The minimum atomic E-state index is -1.21. The summed E-state index contributed by atoms with van der Waals surface area (Å²) in [4.78, 5) is 11.8. The van der Waals surface area contributed by atoms with E-state index in [1.807, 2.05) is 48.5 Å². The van der Waals surface area contributed by atoms with Crippen LogP contribution in [0.1, 0.15) is 24.5 Å². The van der Waals surface area contributed by atoms with E-state index in [-0.39, 0.29) is 13.0 Å². The Morgan fingerprint density at radius 2 is 1.60 bits per heavy atom. The lowest BCUT2D eigenvalue weighted by molar-refractivity contribution is -0.150. The average molecular weight is 270 g/mol. The molecule has 1 unspecified atom stereocenters. The molecule has 3 nitrogen and oxygen atoms in total. The third-order valence-corrected chi connectivity index (χ3v) is 3.13. The summed E-state index contributed by atoms with van der Waals surface area (Å²) in [5, 5.41) is 10.4. The Bertz CT molecular complexity index is 547. The molecule has 0 fully saturated rings. The molecule has 0 aromatic heterocycles. The van der Waals surface area contributed by atoms with Crippen LogP contribution >= 0.6 is 0 Å². The Balaban J connectivity index is 1.91. The van der Waals surface area contributed by atoms with Crippen LogP contribution in [0.25, 0.3) is 0 Å². The molecule has 0 amide bonds. The lowest BCUT2D eigenvalue weighted by Crippen LogP contribution is -2.26. The number of rotatable bonds is 5. The molecule has 0 aliphatic heterocycles. The van der Waals surface area contributed by atoms with Gasteiger partial charge in [0, 0.05) is 0 Å². The predicted octanol–water partition coefficient (Wildman–Crippen LogP) is 3.03. The van der Waals surface area contributed by atoms with E-state index >= 15 is 0 Å². The van der Waals surface area contributed by atoms with Crippen LogP contribution in [0.5, 0.6) is 0 Å². The lowest BCUT2D eigenvalue weighted by atomic mass is 9.93. The van der Waals surface area contributed by atoms with Crippen LogP contribution in [0.2, 0.25) is 0 Å². The highest BCUT2D eigenvalue weighted by atomic mass is 16.5. The van der Waals surface area contributed by atoms with Gasteiger partial charge in [-0.2, -0.15) is 0 Å². The van der Waals surface area contributed by atoms with E-state index < -0.39 is 11.6 Å². The van der Waals surface area contributed by atoms with E-state index in [0.717, 1.165) is 5.56 Å². The summed E-state index contributed by atoms with van der Waals surface area (Å²) in [7, 11) is 0. The second kappa shape index (κ2) is 6.35. The van der Waals surface area contributed by atoms with Gasteiger partial charge in [-0.05, 0) is 18.1 Å². The molecule has 20 heavy (non-hydrogen) atoms. The summed E-state index contributed by atoms with van der Waals surface area (Å²) in [5.74, 6) is -0.414. The van der Waals surface area contributed by atoms with Crippen molar-refractivity contribution >= 4 is 5.97 Å². The van der Waals surface area contributed by atoms with Crippen molar-refractivity contribution in [3.8, 4) is 0 Å². The van der Waals surface area contributed by atoms with Crippen molar-refractivity contribution < 1.29 is 14.6 Å². The van der Waals surface area contributed by atoms with Gasteiger partial charge in [-0.25, -0.2) is 0 Å². The molecule has 0 aliphatic carbocycles. The summed E-state index contributed by atoms with van der Waals surface area (Å²) in [5.41, 5.74) is 0.423. The number of carbonyl (C=O) groups is 1. The topological polar surface area (TPSA) is 46.5 Å². The number of ether oxygens (including phenoxy) is 1. The quantitative estimate of drug-likeness (QED) is 0.849. The average Bonchev–Trinajstić information content (AvgIpc) is 2.47. The van der Waals surface area contributed by atoms with E-state index in [4.69, 9.17) is 4.74 Å². The van der Waals surface area contributed by atoms with Crippen molar-refractivity contribution in [3.05, 3.63) is 71.8 Å². The number of benzene rings is 2. The van der Waals surface area contributed by atoms with Gasteiger partial charge in [0.2, 0.25) is 0 Å². The predicted molar refractivity (Wildman–Crippen MR) is 76.9 cm³/mol. The maximum absolute atomic E-state index is 11.8. The molecule has 0 saturated carbocycles. The highest BCUT2D eigenvalue weighted by molar-refractivity contribution is 5.71. The van der Waals surface area contributed by atoms with E-state index in [0.29, 0.717) is 5.56 Å². The third kappa shape index (κ3) is 3.93. The maximum Gasteiger partial charge on any atom is 0.309 e. The third-order valence-electron chi connectivity index (χ3n) is 3.13. The van der Waals surface area contributed by atoms with Crippen LogP contribution in [0.4, 0.5) is 0 Å². The first-order valence-corrected chi connectivity index (χ1v) is 6.55. The van der Waals surface area contributed by atoms with Crippen LogP contribution in [-0.2, 0) is 21.7 Å². The number of esters is 1. The fraction of sp³-hybridized carbons (Fsp3) is 0.235. The molecule has 2 aromatic rings. The maximum atomic E-state index is 11.8. The summed E-state index contributed by atoms with van der Waals surface area (Å²) in [6.45, 7) is 1.84. The fourth-order valence-corrected chi connectivity index (χ4v) is 1.97. The van der Waals surface area contributed by atoms with Crippen molar-refractivity contribution in [2.24, 2.45) is 0 Å². The summed E-state index contributed by atoms with van der Waals surface area (Å²) < 4.78 is 5.19. The van der Waals surface area contributed by atoms with Gasteiger partial charge < -0.3 is 9.84 Å². The monoisotopic (exact) mass is 270 g/mol. The zero-order valence-corrected chi connectivity index (χ0v) is 11.5. The van der Waals surface area contributed by atoms with Crippen molar-refractivity contribution in [3.63, 3.8) is 0 Å². The van der Waals surface area contributed by atoms with E-state index in [2.05, 4.69) is 0 Å². The Morgan fingerprint density at radius 3 is 2.20 bits per heavy atom. The van der Waals surface area contributed by atoms with Crippen LogP contribution < -0.4 is 0 Å². The molecule has 0 saturated heterocycles. The summed E-state index contributed by atoms with van der Waals surface area (Å²) in [6.07, 6.45) is -0.0656. The van der Waals surface area contributed by atoms with E-state index in [1.165, 1.54) is 0 Å². The molecule has 1 atom stereocenters. The van der Waals surface area contributed by atoms with Crippen LogP contribution in [0, 0.1) is 0 Å². The molecular formula is C17H18O3. The Morgan fingerprint density at radius 1 is 1.05 bits per heavy atom. The number of aliphatic hydroxyl groups is 1. The highest BCUT2D eigenvalue weighted by Gasteiger charge is 2.27. The largest absolute Gasteiger partial charge is 0.461 e.